The molecule has 0 fully saturated rings. The average molecular weight is 242 g/mol. The molecule has 2 heteroatoms. The van der Waals surface area contributed by atoms with Crippen LogP contribution in [0.5, 0.6) is 0 Å². The highest BCUT2D eigenvalue weighted by molar-refractivity contribution is 4.86. The predicted molar refractivity (Wildman–Crippen MR) is 78.5 cm³/mol. The Hall–Kier alpha value is -0.0800. The van der Waals surface area contributed by atoms with Gasteiger partial charge < -0.3 is 10.6 Å². The van der Waals surface area contributed by atoms with Crippen molar-refractivity contribution in [1.29, 1.82) is 0 Å². The van der Waals surface area contributed by atoms with E-state index in [4.69, 9.17) is 0 Å². The van der Waals surface area contributed by atoms with Crippen molar-refractivity contribution >= 4 is 0 Å². The van der Waals surface area contributed by atoms with Crippen LogP contribution in [0.25, 0.3) is 0 Å². The fourth-order valence-electron chi connectivity index (χ4n) is 2.29. The van der Waals surface area contributed by atoms with Gasteiger partial charge in [-0.2, -0.15) is 0 Å². The Bertz CT molecular complexity index is 209. The molecule has 0 saturated heterocycles. The standard InChI is InChI=1S/C15H34N2/c1-9-14(3,4)10-13(17-8)11-15(5,6)12(2)16-7/h12-13,16-17H,9-11H2,1-8H3. The molecule has 2 nitrogen and oxygen atoms in total. The van der Waals surface area contributed by atoms with E-state index in [-0.39, 0.29) is 0 Å². The molecule has 104 valence electrons. The summed E-state index contributed by atoms with van der Waals surface area (Å²) in [5.74, 6) is 0. The normalized spacial score (nSPS) is 16.9. The molecule has 0 amide bonds. The number of hydrogen-bond donors (Lipinski definition) is 2. The molecule has 0 spiro atoms. The maximum absolute atomic E-state index is 3.50. The SMILES string of the molecule is CCC(C)(C)CC(CC(C)(C)C(C)NC)NC. The van der Waals surface area contributed by atoms with Gasteiger partial charge in [-0.25, -0.2) is 0 Å². The zero-order valence-corrected chi connectivity index (χ0v) is 13.3. The summed E-state index contributed by atoms with van der Waals surface area (Å²) in [6.45, 7) is 14.0. The lowest BCUT2D eigenvalue weighted by atomic mass is 9.74. The van der Waals surface area contributed by atoms with Gasteiger partial charge in [0.1, 0.15) is 0 Å². The zero-order chi connectivity index (χ0) is 13.7. The summed E-state index contributed by atoms with van der Waals surface area (Å²) in [7, 11) is 4.15. The van der Waals surface area contributed by atoms with Crippen molar-refractivity contribution in [2.45, 2.75) is 72.9 Å². The van der Waals surface area contributed by atoms with E-state index in [1.807, 2.05) is 0 Å². The van der Waals surface area contributed by atoms with Gasteiger partial charge in [0, 0.05) is 12.1 Å². The van der Waals surface area contributed by atoms with Crippen molar-refractivity contribution in [1.82, 2.24) is 10.6 Å². The summed E-state index contributed by atoms with van der Waals surface area (Å²) in [6, 6.07) is 1.15. The van der Waals surface area contributed by atoms with Crippen LogP contribution in [-0.4, -0.2) is 26.2 Å². The summed E-state index contributed by atoms with van der Waals surface area (Å²) in [5.41, 5.74) is 0.763. The molecule has 0 rings (SSSR count). The van der Waals surface area contributed by atoms with Crippen molar-refractivity contribution < 1.29 is 0 Å². The molecule has 0 aromatic rings. The van der Waals surface area contributed by atoms with E-state index in [0.717, 1.165) is 0 Å². The van der Waals surface area contributed by atoms with E-state index in [9.17, 15) is 0 Å². The maximum atomic E-state index is 3.50. The van der Waals surface area contributed by atoms with Crippen molar-refractivity contribution in [3.8, 4) is 0 Å². The monoisotopic (exact) mass is 242 g/mol. The Morgan fingerprint density at radius 3 is 1.82 bits per heavy atom. The van der Waals surface area contributed by atoms with Crippen LogP contribution >= 0.6 is 0 Å². The Kier molecular flexibility index (Phi) is 6.71. The van der Waals surface area contributed by atoms with E-state index in [0.29, 0.717) is 22.9 Å². The summed E-state index contributed by atoms with van der Waals surface area (Å²) in [5, 5.41) is 6.88. The molecule has 2 unspecified atom stereocenters. The molecule has 0 bridgehead atoms. The van der Waals surface area contributed by atoms with Gasteiger partial charge in [0.2, 0.25) is 0 Å². The lowest BCUT2D eigenvalue weighted by molar-refractivity contribution is 0.182. The third-order valence-corrected chi connectivity index (χ3v) is 4.54. The van der Waals surface area contributed by atoms with Gasteiger partial charge in [-0.15, -0.1) is 0 Å². The van der Waals surface area contributed by atoms with Gasteiger partial charge in [-0.3, -0.25) is 0 Å². The maximum Gasteiger partial charge on any atom is 0.00874 e. The van der Waals surface area contributed by atoms with E-state index in [2.05, 4.69) is 66.3 Å². The smallest absolute Gasteiger partial charge is 0.00874 e. The lowest BCUT2D eigenvalue weighted by Crippen LogP contribution is -2.43. The van der Waals surface area contributed by atoms with Gasteiger partial charge in [0.05, 0.1) is 0 Å². The third-order valence-electron chi connectivity index (χ3n) is 4.54. The molecule has 0 aromatic carbocycles. The van der Waals surface area contributed by atoms with Crippen molar-refractivity contribution in [3.63, 3.8) is 0 Å². The molecule has 2 N–H and O–H groups in total. The van der Waals surface area contributed by atoms with Gasteiger partial charge in [0.15, 0.2) is 0 Å². The van der Waals surface area contributed by atoms with Crippen LogP contribution in [-0.2, 0) is 0 Å². The average Bonchev–Trinajstić information content (AvgIpc) is 2.26. The summed E-state index contributed by atoms with van der Waals surface area (Å²) < 4.78 is 0. The van der Waals surface area contributed by atoms with Crippen molar-refractivity contribution in [3.05, 3.63) is 0 Å². The number of rotatable bonds is 8. The first-order valence-corrected chi connectivity index (χ1v) is 7.03. The second-order valence-electron chi connectivity index (χ2n) is 6.91. The number of hydrogen-bond acceptors (Lipinski definition) is 2. The Morgan fingerprint density at radius 1 is 0.941 bits per heavy atom. The van der Waals surface area contributed by atoms with Crippen LogP contribution in [0.2, 0.25) is 0 Å². The minimum absolute atomic E-state index is 0.326. The molecule has 17 heavy (non-hydrogen) atoms. The second kappa shape index (κ2) is 6.75. The molecular formula is C15H34N2. The molecule has 2 atom stereocenters. The summed E-state index contributed by atoms with van der Waals surface area (Å²) in [6.07, 6.45) is 3.71. The minimum Gasteiger partial charge on any atom is -0.317 e. The second-order valence-corrected chi connectivity index (χ2v) is 6.91. The van der Waals surface area contributed by atoms with Crippen molar-refractivity contribution in [2.75, 3.05) is 14.1 Å². The first-order chi connectivity index (χ1) is 7.68. The van der Waals surface area contributed by atoms with E-state index < -0.39 is 0 Å². The zero-order valence-electron chi connectivity index (χ0n) is 13.3. The molecule has 0 aliphatic carbocycles. The van der Waals surface area contributed by atoms with E-state index in [1.165, 1.54) is 19.3 Å². The molecule has 0 saturated carbocycles. The Morgan fingerprint density at radius 2 is 1.47 bits per heavy atom. The molecule has 0 aliphatic rings. The van der Waals surface area contributed by atoms with E-state index >= 15 is 0 Å². The highest BCUT2D eigenvalue weighted by Crippen LogP contribution is 2.33. The fraction of sp³-hybridized carbons (Fsp3) is 1.00. The van der Waals surface area contributed by atoms with E-state index in [1.54, 1.807) is 0 Å². The van der Waals surface area contributed by atoms with Crippen molar-refractivity contribution in [2.24, 2.45) is 10.8 Å². The summed E-state index contributed by atoms with van der Waals surface area (Å²) >= 11 is 0. The highest BCUT2D eigenvalue weighted by atomic mass is 14.9. The van der Waals surface area contributed by atoms with Crippen LogP contribution < -0.4 is 10.6 Å². The fourth-order valence-corrected chi connectivity index (χ4v) is 2.29. The van der Waals surface area contributed by atoms with Crippen LogP contribution in [0.15, 0.2) is 0 Å². The Balaban J connectivity index is 4.50. The summed E-state index contributed by atoms with van der Waals surface area (Å²) in [4.78, 5) is 0. The molecule has 0 heterocycles. The highest BCUT2D eigenvalue weighted by Gasteiger charge is 2.30. The lowest BCUT2D eigenvalue weighted by Gasteiger charge is -2.37. The first-order valence-electron chi connectivity index (χ1n) is 7.03. The molecular weight excluding hydrogens is 208 g/mol. The Labute approximate surface area is 109 Å². The minimum atomic E-state index is 0.326. The molecule has 0 aliphatic heterocycles. The van der Waals surface area contributed by atoms with Gasteiger partial charge in [-0.1, -0.05) is 41.0 Å². The van der Waals surface area contributed by atoms with Crippen LogP contribution in [0.4, 0.5) is 0 Å². The third kappa shape index (κ3) is 5.87. The van der Waals surface area contributed by atoms with Gasteiger partial charge >= 0.3 is 0 Å². The molecule has 0 aromatic heterocycles. The van der Waals surface area contributed by atoms with Gasteiger partial charge in [0.25, 0.3) is 0 Å². The van der Waals surface area contributed by atoms with Crippen LogP contribution in [0, 0.1) is 10.8 Å². The number of nitrogens with one attached hydrogen (secondary N) is 2. The predicted octanol–water partition coefficient (Wildman–Crippen LogP) is 3.42. The van der Waals surface area contributed by atoms with Crippen LogP contribution in [0.3, 0.4) is 0 Å². The largest absolute Gasteiger partial charge is 0.317 e. The van der Waals surface area contributed by atoms with Gasteiger partial charge in [-0.05, 0) is 44.7 Å². The topological polar surface area (TPSA) is 24.1 Å². The van der Waals surface area contributed by atoms with Crippen LogP contribution in [0.1, 0.15) is 60.8 Å². The first kappa shape index (κ1) is 16.9. The quantitative estimate of drug-likeness (QED) is 0.681. The molecule has 0 radical (unpaired) electrons.